The molecule has 0 saturated heterocycles. The van der Waals surface area contributed by atoms with Crippen molar-refractivity contribution in [2.24, 2.45) is 5.73 Å². The largest absolute Gasteiger partial charge is 0.480 e. The number of rotatable bonds is 52. The quantitative estimate of drug-likeness (QED) is 0.0232. The number of aliphatic carboxylic acids is 1. The molecule has 63 heavy (non-hydrogen) atoms. The highest BCUT2D eigenvalue weighted by Gasteiger charge is 2.27. The van der Waals surface area contributed by atoms with Gasteiger partial charge in [-0.15, -0.1) is 0 Å². The zero-order valence-electron chi connectivity index (χ0n) is 41.2. The lowest BCUT2D eigenvalue weighted by molar-refractivity contribution is -0.154. The van der Waals surface area contributed by atoms with Crippen molar-refractivity contribution in [2.45, 2.75) is 283 Å². The predicted octanol–water partition coefficient (Wildman–Crippen LogP) is 15.7. The molecule has 0 heterocycles. The van der Waals surface area contributed by atoms with Crippen LogP contribution in [0.25, 0.3) is 0 Å². The van der Waals surface area contributed by atoms with Crippen molar-refractivity contribution in [1.82, 2.24) is 0 Å². The fraction of sp³-hybridized carbons (Fsp3) is 0.923. The Bertz CT molecular complexity index is 1060. The molecule has 0 rings (SSSR count). The summed E-state index contributed by atoms with van der Waals surface area (Å²) in [4.78, 5) is 33.7. The molecule has 374 valence electrons. The Hall–Kier alpha value is -1.29. The van der Waals surface area contributed by atoms with E-state index < -0.39 is 45.1 Å². The Morgan fingerprint density at radius 2 is 0.825 bits per heavy atom. The first-order valence-corrected chi connectivity index (χ1v) is 28.2. The SMILES string of the molecule is CCCCCCCCCC/C=C\CCCCCCCCCCCC(=O)OC(COCCCCCCCCCCCCCCCCCCCCCC)COP(=O)(O)OCC(N)C(=O)O. The molecule has 3 unspecified atom stereocenters. The van der Waals surface area contributed by atoms with E-state index in [2.05, 4.69) is 26.0 Å². The van der Waals surface area contributed by atoms with Gasteiger partial charge in [0.1, 0.15) is 12.1 Å². The van der Waals surface area contributed by atoms with Gasteiger partial charge in [0.15, 0.2) is 0 Å². The molecule has 11 heteroatoms. The normalized spacial score (nSPS) is 13.7. The highest BCUT2D eigenvalue weighted by atomic mass is 31.2. The second kappa shape index (κ2) is 48.6. The Kier molecular flexibility index (Phi) is 47.6. The van der Waals surface area contributed by atoms with Crippen LogP contribution < -0.4 is 5.73 Å². The van der Waals surface area contributed by atoms with Gasteiger partial charge < -0.3 is 25.2 Å². The highest BCUT2D eigenvalue weighted by molar-refractivity contribution is 7.47. The molecule has 0 amide bonds. The number of carboxylic acids is 1. The van der Waals surface area contributed by atoms with Gasteiger partial charge in [0, 0.05) is 13.0 Å². The molecule has 10 nitrogen and oxygen atoms in total. The first kappa shape index (κ1) is 61.7. The van der Waals surface area contributed by atoms with Crippen molar-refractivity contribution in [3.05, 3.63) is 12.2 Å². The summed E-state index contributed by atoms with van der Waals surface area (Å²) in [5.41, 5.74) is 5.38. The molecule has 3 atom stereocenters. The van der Waals surface area contributed by atoms with Crippen LogP contribution in [0.3, 0.4) is 0 Å². The molecule has 0 aliphatic heterocycles. The molecule has 0 radical (unpaired) electrons. The average molecular weight is 916 g/mol. The van der Waals surface area contributed by atoms with Crippen LogP contribution in [0.4, 0.5) is 0 Å². The van der Waals surface area contributed by atoms with E-state index in [1.165, 1.54) is 205 Å². The maximum atomic E-state index is 12.7. The van der Waals surface area contributed by atoms with Gasteiger partial charge in [0.25, 0.3) is 0 Å². The molecule has 0 aromatic rings. The van der Waals surface area contributed by atoms with Crippen LogP contribution in [0.15, 0.2) is 12.2 Å². The summed E-state index contributed by atoms with van der Waals surface area (Å²) in [5.74, 6) is -1.77. The number of carbonyl (C=O) groups is 2. The van der Waals surface area contributed by atoms with Crippen LogP contribution in [0, 0.1) is 0 Å². The van der Waals surface area contributed by atoms with E-state index >= 15 is 0 Å². The molecule has 0 aliphatic carbocycles. The minimum atomic E-state index is -4.62. The van der Waals surface area contributed by atoms with Gasteiger partial charge in [-0.05, 0) is 38.5 Å². The molecule has 0 fully saturated rings. The van der Waals surface area contributed by atoms with Crippen LogP contribution in [0.1, 0.15) is 271 Å². The number of phosphoric acid groups is 1. The molecule has 0 aromatic heterocycles. The number of carbonyl (C=O) groups excluding carboxylic acids is 1. The lowest BCUT2D eigenvalue weighted by atomic mass is 10.0. The number of carboxylic acid groups (broad SMARTS) is 1. The molecular formula is C52H102NO9P. The summed E-state index contributed by atoms with van der Waals surface area (Å²) in [6, 6.07) is -1.47. The maximum absolute atomic E-state index is 12.7. The molecule has 0 saturated carbocycles. The monoisotopic (exact) mass is 916 g/mol. The fourth-order valence-electron chi connectivity index (χ4n) is 7.90. The predicted molar refractivity (Wildman–Crippen MR) is 263 cm³/mol. The lowest BCUT2D eigenvalue weighted by Crippen LogP contribution is -2.34. The number of unbranched alkanes of at least 4 members (excludes halogenated alkanes) is 36. The third-order valence-corrected chi connectivity index (χ3v) is 13.0. The number of phosphoric ester groups is 1. The smallest absolute Gasteiger partial charge is 0.472 e. The maximum Gasteiger partial charge on any atom is 0.472 e. The number of hydrogen-bond donors (Lipinski definition) is 3. The second-order valence-electron chi connectivity index (χ2n) is 18.4. The zero-order valence-corrected chi connectivity index (χ0v) is 42.1. The number of nitrogens with two attached hydrogens (primary N) is 1. The summed E-state index contributed by atoms with van der Waals surface area (Å²) in [6.45, 7) is 3.95. The van der Waals surface area contributed by atoms with Gasteiger partial charge in [0.05, 0.1) is 19.8 Å². The van der Waals surface area contributed by atoms with Gasteiger partial charge in [-0.1, -0.05) is 238 Å². The van der Waals surface area contributed by atoms with Gasteiger partial charge in [-0.25, -0.2) is 4.57 Å². The second-order valence-corrected chi connectivity index (χ2v) is 19.8. The summed E-state index contributed by atoms with van der Waals surface area (Å²) < 4.78 is 33.6. The van der Waals surface area contributed by atoms with Crippen LogP contribution in [-0.4, -0.2) is 60.5 Å². The molecular weight excluding hydrogens is 814 g/mol. The lowest BCUT2D eigenvalue weighted by Gasteiger charge is -2.20. The Labute approximate surface area is 388 Å². The van der Waals surface area contributed by atoms with E-state index in [1.54, 1.807) is 0 Å². The van der Waals surface area contributed by atoms with E-state index in [0.717, 1.165) is 38.5 Å². The Morgan fingerprint density at radius 3 is 1.21 bits per heavy atom. The van der Waals surface area contributed by atoms with E-state index in [9.17, 15) is 19.0 Å². The third kappa shape index (κ3) is 48.5. The number of hydrogen-bond acceptors (Lipinski definition) is 8. The van der Waals surface area contributed by atoms with Gasteiger partial charge in [-0.3, -0.25) is 18.6 Å². The van der Waals surface area contributed by atoms with Gasteiger partial charge in [-0.2, -0.15) is 0 Å². The fourth-order valence-corrected chi connectivity index (χ4v) is 8.67. The van der Waals surface area contributed by atoms with Crippen molar-refractivity contribution in [1.29, 1.82) is 0 Å². The Balaban J connectivity index is 4.08. The van der Waals surface area contributed by atoms with E-state index in [4.69, 9.17) is 29.4 Å². The summed E-state index contributed by atoms with van der Waals surface area (Å²) in [7, 11) is -4.62. The molecule has 4 N–H and O–H groups in total. The average Bonchev–Trinajstić information content (AvgIpc) is 3.26. The molecule has 0 bridgehead atoms. The first-order chi connectivity index (χ1) is 30.7. The number of ether oxygens (including phenoxy) is 2. The van der Waals surface area contributed by atoms with E-state index in [0.29, 0.717) is 13.0 Å². The van der Waals surface area contributed by atoms with Gasteiger partial charge in [0.2, 0.25) is 0 Å². The highest BCUT2D eigenvalue weighted by Crippen LogP contribution is 2.43. The zero-order chi connectivity index (χ0) is 46.2. The van der Waals surface area contributed by atoms with Crippen molar-refractivity contribution in [3.63, 3.8) is 0 Å². The number of allylic oxidation sites excluding steroid dienone is 2. The summed E-state index contributed by atoms with van der Waals surface area (Å²) in [6.07, 6.45) is 54.1. The van der Waals surface area contributed by atoms with Crippen molar-refractivity contribution in [3.8, 4) is 0 Å². The molecule has 0 aliphatic rings. The topological polar surface area (TPSA) is 155 Å². The van der Waals surface area contributed by atoms with Crippen LogP contribution in [0.2, 0.25) is 0 Å². The van der Waals surface area contributed by atoms with Crippen LogP contribution in [0.5, 0.6) is 0 Å². The first-order valence-electron chi connectivity index (χ1n) is 26.7. The van der Waals surface area contributed by atoms with Crippen LogP contribution in [-0.2, 0) is 32.7 Å². The van der Waals surface area contributed by atoms with E-state index in [1.807, 2.05) is 0 Å². The third-order valence-electron chi connectivity index (χ3n) is 12.0. The molecule has 0 aromatic carbocycles. The van der Waals surface area contributed by atoms with E-state index in [-0.39, 0.29) is 13.0 Å². The van der Waals surface area contributed by atoms with Crippen molar-refractivity contribution >= 4 is 19.8 Å². The van der Waals surface area contributed by atoms with Gasteiger partial charge >= 0.3 is 19.8 Å². The summed E-state index contributed by atoms with van der Waals surface area (Å²) >= 11 is 0. The minimum absolute atomic E-state index is 0.0229. The van der Waals surface area contributed by atoms with Crippen molar-refractivity contribution in [2.75, 3.05) is 26.4 Å². The van der Waals surface area contributed by atoms with Crippen LogP contribution >= 0.6 is 7.82 Å². The van der Waals surface area contributed by atoms with Crippen molar-refractivity contribution < 1.29 is 42.7 Å². The minimum Gasteiger partial charge on any atom is -0.480 e. The Morgan fingerprint density at radius 1 is 0.492 bits per heavy atom. The summed E-state index contributed by atoms with van der Waals surface area (Å²) in [5, 5.41) is 8.93. The number of esters is 1. The standard InChI is InChI=1S/C52H102NO9P/c1-3-5-7-9-11-13-15-17-19-21-23-25-26-28-30-32-34-36-38-40-42-44-51(54)62-49(47-60-63(57,58)61-48-50(53)52(55)56)46-59-45-43-41-39-37-35-33-31-29-27-24-22-20-18-16-14-12-10-8-6-4-2/h21,23,49-50H,3-20,22,24-48,53H2,1-2H3,(H,55,56)(H,57,58)/b23-21-. The molecule has 0 spiro atoms.